The Balaban J connectivity index is 0.000000367. The van der Waals surface area contributed by atoms with Gasteiger partial charge in [-0.2, -0.15) is 19.9 Å². The van der Waals surface area contributed by atoms with Gasteiger partial charge in [0.2, 0.25) is 0 Å². The van der Waals surface area contributed by atoms with Crippen molar-refractivity contribution >= 4 is 6.15 Å². The molecule has 6 nitrogen and oxygen atoms in total. The van der Waals surface area contributed by atoms with E-state index in [0.717, 1.165) is 11.7 Å². The lowest BCUT2D eigenvalue weighted by atomic mass is 10.1. The molecule has 0 aliphatic heterocycles. The average Bonchev–Trinajstić information content (AvgIpc) is 3.10. The van der Waals surface area contributed by atoms with Crippen LogP contribution in [0.3, 0.4) is 0 Å². The van der Waals surface area contributed by atoms with E-state index in [9.17, 15) is 0 Å². The predicted octanol–water partition coefficient (Wildman–Crippen LogP) is 1.89. The largest absolute Gasteiger partial charge is 0.436 e. The minimum atomic E-state index is 0.250. The molecule has 1 aliphatic rings. The molecule has 1 aromatic heterocycles. The first kappa shape index (κ1) is 12.0. The van der Waals surface area contributed by atoms with Gasteiger partial charge in [-0.05, 0) is 36.5 Å². The maximum absolute atomic E-state index is 8.12. The van der Waals surface area contributed by atoms with Crippen LogP contribution in [0.5, 0.6) is 11.6 Å². The van der Waals surface area contributed by atoms with Crippen LogP contribution in [0.4, 0.5) is 0 Å². The second-order valence-electron chi connectivity index (χ2n) is 3.84. The Labute approximate surface area is 103 Å². The molecule has 0 atom stereocenters. The van der Waals surface area contributed by atoms with Gasteiger partial charge in [0.25, 0.3) is 5.88 Å². The van der Waals surface area contributed by atoms with Crippen molar-refractivity contribution in [3.8, 4) is 11.6 Å². The van der Waals surface area contributed by atoms with Crippen LogP contribution in [0.25, 0.3) is 0 Å². The summed E-state index contributed by atoms with van der Waals surface area (Å²) in [7, 11) is 0. The molecule has 18 heavy (non-hydrogen) atoms. The molecule has 1 fully saturated rings. The molecular weight excluding hydrogens is 234 g/mol. The number of ether oxygens (including phenoxy) is 1. The SMILES string of the molecule is O=C=O.c1cc(C2CC2)ccc1Oc1cn[nH]n1. The van der Waals surface area contributed by atoms with E-state index in [2.05, 4.69) is 27.5 Å². The topological polar surface area (TPSA) is 84.9 Å². The summed E-state index contributed by atoms with van der Waals surface area (Å²) in [6.45, 7) is 0. The van der Waals surface area contributed by atoms with Gasteiger partial charge >= 0.3 is 6.15 Å². The zero-order valence-corrected chi connectivity index (χ0v) is 9.50. The highest BCUT2D eigenvalue weighted by Crippen LogP contribution is 2.40. The third-order valence-electron chi connectivity index (χ3n) is 2.54. The van der Waals surface area contributed by atoms with Gasteiger partial charge in [0.05, 0.1) is 0 Å². The lowest BCUT2D eigenvalue weighted by Crippen LogP contribution is -1.85. The number of carbonyl (C=O) groups excluding carboxylic acids is 2. The first-order chi connectivity index (χ1) is 8.83. The van der Waals surface area contributed by atoms with Gasteiger partial charge in [-0.25, -0.2) is 0 Å². The fraction of sp³-hybridized carbons (Fsp3) is 0.250. The molecule has 1 saturated carbocycles. The second-order valence-corrected chi connectivity index (χ2v) is 3.84. The van der Waals surface area contributed by atoms with Gasteiger partial charge in [0.1, 0.15) is 11.9 Å². The molecule has 0 spiro atoms. The zero-order valence-electron chi connectivity index (χ0n) is 9.50. The molecule has 1 aliphatic carbocycles. The summed E-state index contributed by atoms with van der Waals surface area (Å²) in [4.78, 5) is 16.2. The van der Waals surface area contributed by atoms with Crippen molar-refractivity contribution in [1.82, 2.24) is 15.4 Å². The van der Waals surface area contributed by atoms with E-state index in [0.29, 0.717) is 5.88 Å². The highest BCUT2D eigenvalue weighted by molar-refractivity contribution is 5.33. The number of hydrogen-bond donors (Lipinski definition) is 1. The van der Waals surface area contributed by atoms with E-state index >= 15 is 0 Å². The molecule has 1 heterocycles. The number of nitrogens with zero attached hydrogens (tertiary/aromatic N) is 2. The van der Waals surface area contributed by atoms with Crippen LogP contribution in [-0.4, -0.2) is 21.6 Å². The fourth-order valence-corrected chi connectivity index (χ4v) is 1.59. The van der Waals surface area contributed by atoms with Gasteiger partial charge in [0, 0.05) is 0 Å². The minimum absolute atomic E-state index is 0.250. The number of benzene rings is 1. The molecule has 1 N–H and O–H groups in total. The zero-order chi connectivity index (χ0) is 12.8. The van der Waals surface area contributed by atoms with Gasteiger partial charge in [-0.1, -0.05) is 12.1 Å². The molecule has 92 valence electrons. The van der Waals surface area contributed by atoms with Gasteiger partial charge in [-0.3, -0.25) is 0 Å². The van der Waals surface area contributed by atoms with Crippen LogP contribution in [0.15, 0.2) is 30.5 Å². The van der Waals surface area contributed by atoms with Crippen LogP contribution in [-0.2, 0) is 9.59 Å². The van der Waals surface area contributed by atoms with E-state index in [1.54, 1.807) is 6.20 Å². The maximum atomic E-state index is 8.12. The van der Waals surface area contributed by atoms with E-state index in [1.807, 2.05) is 12.1 Å². The molecule has 1 aromatic carbocycles. The van der Waals surface area contributed by atoms with Crippen molar-refractivity contribution in [2.75, 3.05) is 0 Å². The summed E-state index contributed by atoms with van der Waals surface area (Å²) in [6, 6.07) is 8.19. The summed E-state index contributed by atoms with van der Waals surface area (Å²) in [5, 5.41) is 10.0. The highest BCUT2D eigenvalue weighted by Gasteiger charge is 2.22. The smallest absolute Gasteiger partial charge is 0.373 e. The molecule has 2 aromatic rings. The van der Waals surface area contributed by atoms with E-state index in [4.69, 9.17) is 14.3 Å². The van der Waals surface area contributed by atoms with Gasteiger partial charge in [0.15, 0.2) is 0 Å². The first-order valence-corrected chi connectivity index (χ1v) is 5.46. The number of aromatic amines is 1. The van der Waals surface area contributed by atoms with E-state index in [-0.39, 0.29) is 6.15 Å². The third kappa shape index (κ3) is 3.26. The van der Waals surface area contributed by atoms with Crippen molar-refractivity contribution in [3.05, 3.63) is 36.0 Å². The number of hydrogen-bond acceptors (Lipinski definition) is 5. The summed E-state index contributed by atoms with van der Waals surface area (Å²) in [6.07, 6.45) is 4.45. The first-order valence-electron chi connectivity index (χ1n) is 5.46. The molecule has 0 unspecified atom stereocenters. The Morgan fingerprint density at radius 2 is 1.89 bits per heavy atom. The number of rotatable bonds is 3. The third-order valence-corrected chi connectivity index (χ3v) is 2.54. The summed E-state index contributed by atoms with van der Waals surface area (Å²) >= 11 is 0. The van der Waals surface area contributed by atoms with Crippen molar-refractivity contribution in [2.45, 2.75) is 18.8 Å². The van der Waals surface area contributed by atoms with Gasteiger partial charge < -0.3 is 4.74 Å². The minimum Gasteiger partial charge on any atom is -0.436 e. The van der Waals surface area contributed by atoms with Gasteiger partial charge in [-0.15, -0.1) is 5.10 Å². The number of H-pyrrole nitrogens is 1. The average molecular weight is 245 g/mol. The summed E-state index contributed by atoms with van der Waals surface area (Å²) in [5.41, 5.74) is 1.41. The quantitative estimate of drug-likeness (QED) is 0.892. The normalized spacial score (nSPS) is 13.1. The molecule has 0 amide bonds. The monoisotopic (exact) mass is 245 g/mol. The predicted molar refractivity (Wildman–Crippen MR) is 59.9 cm³/mol. The molecule has 3 rings (SSSR count). The van der Waals surface area contributed by atoms with Crippen LogP contribution >= 0.6 is 0 Å². The number of aromatic nitrogens is 3. The van der Waals surface area contributed by atoms with Crippen molar-refractivity contribution in [3.63, 3.8) is 0 Å². The van der Waals surface area contributed by atoms with Crippen LogP contribution in [0, 0.1) is 0 Å². The highest BCUT2D eigenvalue weighted by atomic mass is 16.5. The van der Waals surface area contributed by atoms with E-state index in [1.165, 1.54) is 18.4 Å². The van der Waals surface area contributed by atoms with Crippen LogP contribution in [0.1, 0.15) is 24.3 Å². The number of nitrogens with one attached hydrogen (secondary N) is 1. The second kappa shape index (κ2) is 5.75. The summed E-state index contributed by atoms with van der Waals surface area (Å²) in [5.74, 6) is 2.08. The Morgan fingerprint density at radius 3 is 2.39 bits per heavy atom. The summed E-state index contributed by atoms with van der Waals surface area (Å²) < 4.78 is 5.47. The Kier molecular flexibility index (Phi) is 3.83. The van der Waals surface area contributed by atoms with Crippen molar-refractivity contribution in [1.29, 1.82) is 0 Å². The molecule has 6 heteroatoms. The molecule has 0 bridgehead atoms. The Morgan fingerprint density at radius 1 is 1.22 bits per heavy atom. The molecule has 0 saturated heterocycles. The van der Waals surface area contributed by atoms with E-state index < -0.39 is 0 Å². The van der Waals surface area contributed by atoms with Crippen molar-refractivity contribution in [2.24, 2.45) is 0 Å². The maximum Gasteiger partial charge on any atom is 0.373 e. The lowest BCUT2D eigenvalue weighted by molar-refractivity contribution is -0.191. The fourth-order valence-electron chi connectivity index (χ4n) is 1.59. The van der Waals surface area contributed by atoms with Crippen LogP contribution < -0.4 is 4.74 Å². The lowest BCUT2D eigenvalue weighted by Gasteiger charge is -2.02. The standard InChI is InChI=1S/C11H11N3O.CO2/c1-2-8(1)9-3-5-10(6-4-9)15-11-7-12-14-13-11;2-1-3/h3-8H,1-2H2,(H,12,13,14);. The Hall–Kier alpha value is -2.46. The Bertz CT molecular complexity index is 512. The molecular formula is C12H11N3O3. The van der Waals surface area contributed by atoms with Crippen LogP contribution in [0.2, 0.25) is 0 Å². The van der Waals surface area contributed by atoms with Crippen molar-refractivity contribution < 1.29 is 14.3 Å². The molecule has 0 radical (unpaired) electrons.